The summed E-state index contributed by atoms with van der Waals surface area (Å²) in [5.74, 6) is -1.02. The molecule has 2 amide bonds. The number of carbonyl (C=O) groups excluding carboxylic acids is 1. The van der Waals surface area contributed by atoms with Crippen LogP contribution in [0.15, 0.2) is 53.1 Å². The van der Waals surface area contributed by atoms with Crippen molar-refractivity contribution in [2.45, 2.75) is 18.9 Å². The van der Waals surface area contributed by atoms with Crippen LogP contribution < -0.4 is 10.6 Å². The van der Waals surface area contributed by atoms with E-state index in [0.29, 0.717) is 22.7 Å². The minimum atomic E-state index is -1.11. The average molecular weight is 426 g/mol. The third-order valence-corrected chi connectivity index (χ3v) is 4.28. The molecule has 1 aromatic heterocycles. The van der Waals surface area contributed by atoms with Crippen molar-refractivity contribution in [2.24, 2.45) is 0 Å². The number of halogens is 1. The van der Waals surface area contributed by atoms with E-state index in [-0.39, 0.29) is 11.7 Å². The van der Waals surface area contributed by atoms with E-state index in [1.54, 1.807) is 48.5 Å². The Morgan fingerprint density at radius 1 is 1.17 bits per heavy atom. The molecule has 3 aromatic rings. The zero-order valence-corrected chi connectivity index (χ0v) is 16.3. The molecule has 0 aliphatic rings. The molecule has 0 spiro atoms. The van der Waals surface area contributed by atoms with Crippen molar-refractivity contribution < 1.29 is 19.2 Å². The second-order valence-corrected chi connectivity index (χ2v) is 6.72. The molecule has 1 unspecified atom stereocenters. The van der Waals surface area contributed by atoms with Gasteiger partial charge in [-0.05, 0) is 42.0 Å². The summed E-state index contributed by atoms with van der Waals surface area (Å²) < 4.78 is 4.97. The first kappa shape index (κ1) is 20.8. The number of nitrogens with zero attached hydrogens (tertiary/aromatic N) is 3. The number of carbonyl (C=O) groups is 2. The number of aliphatic carboxylic acids is 1. The normalized spacial score (nSPS) is 11.3. The summed E-state index contributed by atoms with van der Waals surface area (Å²) in [5, 5.41) is 27.5. The molecule has 152 valence electrons. The number of hydrogen-bond acceptors (Lipinski definition) is 6. The van der Waals surface area contributed by atoms with Gasteiger partial charge < -0.3 is 20.3 Å². The molecule has 3 N–H and O–H groups in total. The quantitative estimate of drug-likeness (QED) is 0.527. The van der Waals surface area contributed by atoms with Gasteiger partial charge in [-0.15, -0.1) is 0 Å². The number of benzene rings is 2. The highest BCUT2D eigenvalue weighted by molar-refractivity contribution is 6.30. The lowest BCUT2D eigenvalue weighted by molar-refractivity contribution is -0.136. The van der Waals surface area contributed by atoms with Crippen molar-refractivity contribution in [1.29, 1.82) is 5.26 Å². The standard InChI is InChI=1S/C20H16ClN5O4/c21-14-5-1-12(2-6-14)9-16(19-25-17(30-26-19)10-18(27)28)24-20(29)23-15-7-3-13(11-22)4-8-15/h1-8,16H,9-10H2,(H,27,28)(H2,23,24,29). The van der Waals surface area contributed by atoms with E-state index >= 15 is 0 Å². The number of urea groups is 1. The third-order valence-electron chi connectivity index (χ3n) is 4.03. The summed E-state index contributed by atoms with van der Waals surface area (Å²) in [4.78, 5) is 27.4. The Morgan fingerprint density at radius 3 is 2.50 bits per heavy atom. The molecule has 2 aromatic carbocycles. The van der Waals surface area contributed by atoms with Gasteiger partial charge >= 0.3 is 12.0 Å². The molecule has 3 rings (SSSR count). The van der Waals surface area contributed by atoms with Gasteiger partial charge in [-0.25, -0.2) is 4.79 Å². The van der Waals surface area contributed by atoms with Crippen LogP contribution in [0.4, 0.5) is 10.5 Å². The van der Waals surface area contributed by atoms with Crippen LogP contribution in [-0.4, -0.2) is 27.2 Å². The van der Waals surface area contributed by atoms with Crippen LogP contribution in [0, 0.1) is 11.3 Å². The van der Waals surface area contributed by atoms with E-state index in [0.717, 1.165) is 5.56 Å². The van der Waals surface area contributed by atoms with Gasteiger partial charge in [0.1, 0.15) is 6.42 Å². The Labute approximate surface area is 176 Å². The summed E-state index contributed by atoms with van der Waals surface area (Å²) in [7, 11) is 0. The summed E-state index contributed by atoms with van der Waals surface area (Å²) in [5.41, 5.74) is 1.82. The predicted molar refractivity (Wildman–Crippen MR) is 107 cm³/mol. The second kappa shape index (κ2) is 9.54. The van der Waals surface area contributed by atoms with E-state index in [1.807, 2.05) is 6.07 Å². The molecule has 0 aliphatic carbocycles. The second-order valence-electron chi connectivity index (χ2n) is 6.29. The summed E-state index contributed by atoms with van der Waals surface area (Å²) in [6.07, 6.45) is -0.0951. The monoisotopic (exact) mass is 425 g/mol. The van der Waals surface area contributed by atoms with Crippen LogP contribution >= 0.6 is 11.6 Å². The van der Waals surface area contributed by atoms with Gasteiger partial charge in [-0.1, -0.05) is 28.9 Å². The molecule has 1 atom stereocenters. The van der Waals surface area contributed by atoms with Crippen molar-refractivity contribution in [3.8, 4) is 6.07 Å². The molecule has 1 heterocycles. The van der Waals surface area contributed by atoms with Crippen LogP contribution in [0.5, 0.6) is 0 Å². The Kier molecular flexibility index (Phi) is 6.62. The number of aromatic nitrogens is 2. The molecule has 0 saturated heterocycles. The topological polar surface area (TPSA) is 141 Å². The molecule has 0 radical (unpaired) electrons. The molecule has 0 fully saturated rings. The maximum Gasteiger partial charge on any atom is 0.319 e. The van der Waals surface area contributed by atoms with Crippen molar-refractivity contribution >= 4 is 29.3 Å². The van der Waals surface area contributed by atoms with Crippen LogP contribution in [0.3, 0.4) is 0 Å². The molecule has 0 saturated carbocycles. The smallest absolute Gasteiger partial charge is 0.319 e. The third kappa shape index (κ3) is 5.80. The highest BCUT2D eigenvalue weighted by Gasteiger charge is 2.22. The largest absolute Gasteiger partial charge is 0.481 e. The average Bonchev–Trinajstić information content (AvgIpc) is 3.17. The predicted octanol–water partition coefficient (Wildman–Crippen LogP) is 3.33. The first-order valence-corrected chi connectivity index (χ1v) is 9.17. The van der Waals surface area contributed by atoms with E-state index in [2.05, 4.69) is 20.8 Å². The number of carboxylic acids is 1. The lowest BCUT2D eigenvalue weighted by atomic mass is 10.1. The number of nitrogens with one attached hydrogen (secondary N) is 2. The van der Waals surface area contributed by atoms with E-state index < -0.39 is 24.5 Å². The van der Waals surface area contributed by atoms with Crippen molar-refractivity contribution in [1.82, 2.24) is 15.5 Å². The number of anilines is 1. The van der Waals surface area contributed by atoms with Gasteiger partial charge in [-0.3, -0.25) is 4.79 Å². The van der Waals surface area contributed by atoms with Gasteiger partial charge in [0.05, 0.1) is 17.7 Å². The summed E-state index contributed by atoms with van der Waals surface area (Å²) >= 11 is 5.92. The van der Waals surface area contributed by atoms with Crippen molar-refractivity contribution in [3.63, 3.8) is 0 Å². The molecule has 30 heavy (non-hydrogen) atoms. The molecule has 9 nitrogen and oxygen atoms in total. The SMILES string of the molecule is N#Cc1ccc(NC(=O)NC(Cc2ccc(Cl)cc2)c2noc(CC(=O)O)n2)cc1. The molecule has 0 bridgehead atoms. The van der Waals surface area contributed by atoms with Gasteiger partial charge in [0, 0.05) is 17.1 Å². The van der Waals surface area contributed by atoms with Gasteiger partial charge in [-0.2, -0.15) is 10.2 Å². The number of amides is 2. The van der Waals surface area contributed by atoms with E-state index in [9.17, 15) is 9.59 Å². The minimum absolute atomic E-state index is 0.0621. The van der Waals surface area contributed by atoms with Crippen LogP contribution in [0.2, 0.25) is 5.02 Å². The Hall–Kier alpha value is -3.90. The van der Waals surface area contributed by atoms with E-state index in [1.165, 1.54) is 0 Å². The van der Waals surface area contributed by atoms with Gasteiger partial charge in [0.25, 0.3) is 0 Å². The highest BCUT2D eigenvalue weighted by atomic mass is 35.5. The number of carboxylic acid groups (broad SMARTS) is 1. The Morgan fingerprint density at radius 2 is 1.87 bits per heavy atom. The number of rotatable bonds is 7. The maximum atomic E-state index is 12.5. The fourth-order valence-electron chi connectivity index (χ4n) is 2.63. The fourth-order valence-corrected chi connectivity index (χ4v) is 2.75. The lowest BCUT2D eigenvalue weighted by Gasteiger charge is -2.16. The molecule has 0 aliphatic heterocycles. The van der Waals surface area contributed by atoms with Crippen LogP contribution in [-0.2, 0) is 17.6 Å². The number of hydrogen-bond donors (Lipinski definition) is 3. The highest BCUT2D eigenvalue weighted by Crippen LogP contribution is 2.19. The van der Waals surface area contributed by atoms with Gasteiger partial charge in [0.2, 0.25) is 5.89 Å². The first-order chi connectivity index (χ1) is 14.4. The molecular formula is C20H16ClN5O4. The van der Waals surface area contributed by atoms with Gasteiger partial charge in [0.15, 0.2) is 5.82 Å². The fraction of sp³-hybridized carbons (Fsp3) is 0.150. The number of nitriles is 1. The van der Waals surface area contributed by atoms with Crippen molar-refractivity contribution in [2.75, 3.05) is 5.32 Å². The Balaban J connectivity index is 1.76. The zero-order chi connectivity index (χ0) is 21.5. The van der Waals surface area contributed by atoms with E-state index in [4.69, 9.17) is 26.5 Å². The lowest BCUT2D eigenvalue weighted by Crippen LogP contribution is -2.34. The summed E-state index contributed by atoms with van der Waals surface area (Å²) in [6.45, 7) is 0. The van der Waals surface area contributed by atoms with Crippen LogP contribution in [0.25, 0.3) is 0 Å². The maximum absolute atomic E-state index is 12.5. The summed E-state index contributed by atoms with van der Waals surface area (Å²) in [6, 6.07) is 14.2. The minimum Gasteiger partial charge on any atom is -0.481 e. The molecule has 10 heteroatoms. The molecular weight excluding hydrogens is 410 g/mol. The van der Waals surface area contributed by atoms with Crippen molar-refractivity contribution in [3.05, 3.63) is 76.4 Å². The Bertz CT molecular complexity index is 1070. The first-order valence-electron chi connectivity index (χ1n) is 8.79. The zero-order valence-electron chi connectivity index (χ0n) is 15.5. The van der Waals surface area contributed by atoms with Crippen LogP contribution in [0.1, 0.15) is 28.9 Å².